The van der Waals surface area contributed by atoms with Gasteiger partial charge in [0.15, 0.2) is 9.84 Å². The molecule has 0 spiro atoms. The van der Waals surface area contributed by atoms with E-state index in [1.807, 2.05) is 17.8 Å². The van der Waals surface area contributed by atoms with Crippen LogP contribution in [0.2, 0.25) is 0 Å². The van der Waals surface area contributed by atoms with Gasteiger partial charge in [0.2, 0.25) is 0 Å². The molecule has 4 nitrogen and oxygen atoms in total. The Bertz CT molecular complexity index is 511. The Kier molecular flexibility index (Phi) is 5.27. The Morgan fingerprint density at radius 1 is 1.26 bits per heavy atom. The molecule has 19 heavy (non-hydrogen) atoms. The molecule has 1 heterocycles. The predicted octanol–water partition coefficient (Wildman–Crippen LogP) is 0.968. The van der Waals surface area contributed by atoms with Crippen LogP contribution in [0.25, 0.3) is 0 Å². The van der Waals surface area contributed by atoms with Crippen molar-refractivity contribution in [3.8, 4) is 0 Å². The molecule has 0 radical (unpaired) electrons. The lowest BCUT2D eigenvalue weighted by Gasteiger charge is -2.25. The van der Waals surface area contributed by atoms with Crippen LogP contribution in [0.3, 0.4) is 0 Å². The first kappa shape index (κ1) is 14.8. The molecule has 0 unspecified atom stereocenters. The van der Waals surface area contributed by atoms with Crippen molar-refractivity contribution in [2.75, 3.05) is 36.9 Å². The zero-order valence-corrected chi connectivity index (χ0v) is 12.5. The van der Waals surface area contributed by atoms with Crippen LogP contribution < -0.4 is 5.73 Å². The van der Waals surface area contributed by atoms with Crippen molar-refractivity contribution in [3.05, 3.63) is 29.8 Å². The van der Waals surface area contributed by atoms with Crippen LogP contribution in [0.1, 0.15) is 5.56 Å². The first-order chi connectivity index (χ1) is 9.12. The summed E-state index contributed by atoms with van der Waals surface area (Å²) in [5.74, 6) is 2.39. The van der Waals surface area contributed by atoms with Gasteiger partial charge >= 0.3 is 0 Å². The monoisotopic (exact) mass is 300 g/mol. The maximum atomic E-state index is 12.3. The maximum Gasteiger partial charge on any atom is 0.179 e. The number of thioether (sulfide) groups is 1. The Morgan fingerprint density at radius 3 is 2.68 bits per heavy atom. The summed E-state index contributed by atoms with van der Waals surface area (Å²) in [6.45, 7) is 2.97. The van der Waals surface area contributed by atoms with Crippen molar-refractivity contribution < 1.29 is 8.42 Å². The van der Waals surface area contributed by atoms with Gasteiger partial charge in [-0.15, -0.1) is 0 Å². The molecule has 1 saturated heterocycles. The number of hydrogen-bond acceptors (Lipinski definition) is 5. The van der Waals surface area contributed by atoms with E-state index in [0.29, 0.717) is 18.0 Å². The molecule has 0 atom stereocenters. The van der Waals surface area contributed by atoms with Gasteiger partial charge in [0, 0.05) is 37.7 Å². The smallest absolute Gasteiger partial charge is 0.179 e. The molecular formula is C13H20N2O2S2. The summed E-state index contributed by atoms with van der Waals surface area (Å²) in [6.07, 6.45) is 0. The number of rotatable bonds is 5. The highest BCUT2D eigenvalue weighted by atomic mass is 32.2. The maximum absolute atomic E-state index is 12.3. The first-order valence-electron chi connectivity index (χ1n) is 6.44. The van der Waals surface area contributed by atoms with Gasteiger partial charge in [0.05, 0.1) is 10.6 Å². The standard InChI is InChI=1S/C13H20N2O2S2/c14-11-12-2-1-3-13(10-12)19(16,17)9-6-15-4-7-18-8-5-15/h1-3,10H,4-9,11,14H2. The van der Waals surface area contributed by atoms with Crippen molar-refractivity contribution in [2.45, 2.75) is 11.4 Å². The molecule has 2 N–H and O–H groups in total. The van der Waals surface area contributed by atoms with Gasteiger partial charge in [-0.3, -0.25) is 0 Å². The van der Waals surface area contributed by atoms with Crippen LogP contribution in [0.4, 0.5) is 0 Å². The predicted molar refractivity (Wildman–Crippen MR) is 80.2 cm³/mol. The van der Waals surface area contributed by atoms with Crippen LogP contribution in [0.15, 0.2) is 29.2 Å². The molecule has 106 valence electrons. The van der Waals surface area contributed by atoms with E-state index < -0.39 is 9.84 Å². The van der Waals surface area contributed by atoms with Gasteiger partial charge in [-0.25, -0.2) is 8.42 Å². The number of benzene rings is 1. The zero-order valence-electron chi connectivity index (χ0n) is 10.9. The summed E-state index contributed by atoms with van der Waals surface area (Å²) in [5.41, 5.74) is 6.40. The number of hydrogen-bond donors (Lipinski definition) is 1. The van der Waals surface area contributed by atoms with Crippen LogP contribution in [0, 0.1) is 0 Å². The van der Waals surface area contributed by atoms with Crippen molar-refractivity contribution in [1.82, 2.24) is 4.90 Å². The molecule has 1 aliphatic rings. The molecule has 6 heteroatoms. The first-order valence-corrected chi connectivity index (χ1v) is 9.24. The second kappa shape index (κ2) is 6.74. The fourth-order valence-electron chi connectivity index (χ4n) is 2.06. The van der Waals surface area contributed by atoms with Crippen LogP contribution in [-0.4, -0.2) is 50.2 Å². The van der Waals surface area contributed by atoms with Crippen molar-refractivity contribution >= 4 is 21.6 Å². The second-order valence-electron chi connectivity index (χ2n) is 4.62. The molecule has 0 aliphatic carbocycles. The highest BCUT2D eigenvalue weighted by Crippen LogP contribution is 2.15. The Morgan fingerprint density at radius 2 is 2.00 bits per heavy atom. The van der Waals surface area contributed by atoms with Crippen molar-refractivity contribution in [2.24, 2.45) is 5.73 Å². The minimum absolute atomic E-state index is 0.186. The SMILES string of the molecule is NCc1cccc(S(=O)(=O)CCN2CCSCC2)c1. The fraction of sp³-hybridized carbons (Fsp3) is 0.538. The van der Waals surface area contributed by atoms with E-state index in [2.05, 4.69) is 4.90 Å². The lowest BCUT2D eigenvalue weighted by Crippen LogP contribution is -2.36. The molecule has 1 fully saturated rings. The normalized spacial score (nSPS) is 17.5. The molecule has 0 bridgehead atoms. The van der Waals surface area contributed by atoms with E-state index in [1.54, 1.807) is 18.2 Å². The van der Waals surface area contributed by atoms with E-state index >= 15 is 0 Å². The largest absolute Gasteiger partial charge is 0.326 e. The number of sulfone groups is 1. The number of nitrogens with zero attached hydrogens (tertiary/aromatic N) is 1. The summed E-state index contributed by atoms with van der Waals surface area (Å²) >= 11 is 1.93. The molecule has 0 saturated carbocycles. The summed E-state index contributed by atoms with van der Waals surface area (Å²) < 4.78 is 24.5. The van der Waals surface area contributed by atoms with Gasteiger partial charge in [0.1, 0.15) is 0 Å². The minimum atomic E-state index is -3.20. The Balaban J connectivity index is 2.00. The second-order valence-corrected chi connectivity index (χ2v) is 7.96. The van der Waals surface area contributed by atoms with E-state index in [1.165, 1.54) is 0 Å². The molecular weight excluding hydrogens is 280 g/mol. The van der Waals surface area contributed by atoms with Gasteiger partial charge < -0.3 is 10.6 Å². The molecule has 2 rings (SSSR count). The summed E-state index contributed by atoms with van der Waals surface area (Å²) in [6, 6.07) is 6.94. The number of nitrogens with two attached hydrogens (primary N) is 1. The quantitative estimate of drug-likeness (QED) is 0.878. The van der Waals surface area contributed by atoms with Crippen LogP contribution >= 0.6 is 11.8 Å². The molecule has 1 aromatic rings. The lowest BCUT2D eigenvalue weighted by atomic mass is 10.2. The fourth-order valence-corrected chi connectivity index (χ4v) is 4.39. The van der Waals surface area contributed by atoms with Gasteiger partial charge in [-0.1, -0.05) is 12.1 Å². The van der Waals surface area contributed by atoms with E-state index in [0.717, 1.165) is 30.2 Å². The van der Waals surface area contributed by atoms with E-state index in [-0.39, 0.29) is 5.75 Å². The van der Waals surface area contributed by atoms with Gasteiger partial charge in [0.25, 0.3) is 0 Å². The Hall–Kier alpha value is -0.560. The van der Waals surface area contributed by atoms with Crippen molar-refractivity contribution in [3.63, 3.8) is 0 Å². The Labute approximate surface area is 119 Å². The molecule has 1 aliphatic heterocycles. The third-order valence-electron chi connectivity index (χ3n) is 3.27. The average Bonchev–Trinajstić information content (AvgIpc) is 2.46. The third kappa shape index (κ3) is 4.21. The molecule has 0 amide bonds. The highest BCUT2D eigenvalue weighted by molar-refractivity contribution is 7.99. The van der Waals surface area contributed by atoms with E-state index in [4.69, 9.17) is 5.73 Å². The average molecular weight is 300 g/mol. The van der Waals surface area contributed by atoms with Gasteiger partial charge in [-0.2, -0.15) is 11.8 Å². The summed E-state index contributed by atoms with van der Waals surface area (Å²) in [5, 5.41) is 0. The topological polar surface area (TPSA) is 63.4 Å². The van der Waals surface area contributed by atoms with Gasteiger partial charge in [-0.05, 0) is 17.7 Å². The highest BCUT2D eigenvalue weighted by Gasteiger charge is 2.18. The third-order valence-corrected chi connectivity index (χ3v) is 5.91. The van der Waals surface area contributed by atoms with E-state index in [9.17, 15) is 8.42 Å². The molecule has 0 aromatic heterocycles. The summed E-state index contributed by atoms with van der Waals surface area (Å²) in [7, 11) is -3.20. The lowest BCUT2D eigenvalue weighted by molar-refractivity contribution is 0.320. The van der Waals surface area contributed by atoms with Crippen LogP contribution in [0.5, 0.6) is 0 Å². The minimum Gasteiger partial charge on any atom is -0.326 e. The summed E-state index contributed by atoms with van der Waals surface area (Å²) in [4.78, 5) is 2.61. The van der Waals surface area contributed by atoms with Crippen molar-refractivity contribution in [1.29, 1.82) is 0 Å². The zero-order chi connectivity index (χ0) is 13.7. The molecule has 1 aromatic carbocycles. The van der Waals surface area contributed by atoms with Crippen LogP contribution in [-0.2, 0) is 16.4 Å².